The van der Waals surface area contributed by atoms with Gasteiger partial charge < -0.3 is 9.42 Å². The lowest BCUT2D eigenvalue weighted by atomic mass is 10.1. The second-order valence-electron chi connectivity index (χ2n) is 6.28. The van der Waals surface area contributed by atoms with Crippen LogP contribution in [0.3, 0.4) is 0 Å². The number of sulfone groups is 1. The molecular formula is C17H19F2N3O4S. The molecule has 0 unspecified atom stereocenters. The van der Waals surface area contributed by atoms with Crippen LogP contribution in [0.5, 0.6) is 0 Å². The van der Waals surface area contributed by atoms with Crippen LogP contribution in [0, 0.1) is 6.92 Å². The van der Waals surface area contributed by atoms with Gasteiger partial charge in [0.25, 0.3) is 5.91 Å². The third-order valence-electron chi connectivity index (χ3n) is 4.56. The molecular weight excluding hydrogens is 380 g/mol. The third-order valence-corrected chi connectivity index (χ3v) is 6.00. The van der Waals surface area contributed by atoms with Crippen molar-refractivity contribution in [2.45, 2.75) is 24.1 Å². The second kappa shape index (κ2) is 7.73. The van der Waals surface area contributed by atoms with Crippen molar-refractivity contribution >= 4 is 15.7 Å². The number of rotatable bonds is 5. The molecule has 1 amide bonds. The Balaban J connectivity index is 1.71. The maximum atomic E-state index is 12.9. The van der Waals surface area contributed by atoms with Gasteiger partial charge in [-0.15, -0.1) is 0 Å². The highest BCUT2D eigenvalue weighted by atomic mass is 32.2. The van der Waals surface area contributed by atoms with Gasteiger partial charge in [-0.25, -0.2) is 8.42 Å². The van der Waals surface area contributed by atoms with Gasteiger partial charge in [0.2, 0.25) is 9.84 Å². The predicted octanol–water partition coefficient (Wildman–Crippen LogP) is 1.94. The zero-order chi connectivity index (χ0) is 19.6. The standard InChI is InChI=1S/C17H19F2N3O4S/c1-12-13(10-20-26-12)11-21-6-8-22(9-7-21)16(23)14-4-2-3-5-15(14)27(24,25)17(18)19/h2-5,10,17H,6-9,11H2,1H3. The number of alkyl halides is 2. The Kier molecular flexibility index (Phi) is 5.56. The van der Waals surface area contributed by atoms with E-state index in [9.17, 15) is 22.0 Å². The quantitative estimate of drug-likeness (QED) is 0.764. The van der Waals surface area contributed by atoms with E-state index in [0.29, 0.717) is 32.7 Å². The summed E-state index contributed by atoms with van der Waals surface area (Å²) >= 11 is 0. The van der Waals surface area contributed by atoms with E-state index in [4.69, 9.17) is 4.52 Å². The van der Waals surface area contributed by atoms with Gasteiger partial charge in [0.15, 0.2) is 0 Å². The van der Waals surface area contributed by atoms with Gasteiger partial charge in [-0.2, -0.15) is 8.78 Å². The molecule has 7 nitrogen and oxygen atoms in total. The van der Waals surface area contributed by atoms with Crippen LogP contribution in [0.15, 0.2) is 39.9 Å². The van der Waals surface area contributed by atoms with E-state index in [0.717, 1.165) is 17.4 Å². The fraction of sp³-hybridized carbons (Fsp3) is 0.412. The highest BCUT2D eigenvalue weighted by molar-refractivity contribution is 7.91. The molecule has 1 aromatic carbocycles. The van der Waals surface area contributed by atoms with E-state index in [-0.39, 0.29) is 5.56 Å². The summed E-state index contributed by atoms with van der Waals surface area (Å²) in [5.41, 5.74) is 0.740. The predicted molar refractivity (Wildman–Crippen MR) is 92.1 cm³/mol. The number of carbonyl (C=O) groups is 1. The van der Waals surface area contributed by atoms with Crippen molar-refractivity contribution in [2.24, 2.45) is 0 Å². The van der Waals surface area contributed by atoms with Crippen molar-refractivity contribution in [1.29, 1.82) is 0 Å². The summed E-state index contributed by atoms with van der Waals surface area (Å²) in [4.78, 5) is 15.7. The summed E-state index contributed by atoms with van der Waals surface area (Å²) in [5.74, 6) is -3.40. The molecule has 27 heavy (non-hydrogen) atoms. The molecule has 1 aliphatic heterocycles. The molecule has 146 valence electrons. The van der Waals surface area contributed by atoms with E-state index in [1.807, 2.05) is 6.92 Å². The van der Waals surface area contributed by atoms with Gasteiger partial charge in [0.1, 0.15) is 5.76 Å². The Morgan fingerprint density at radius 2 is 1.89 bits per heavy atom. The summed E-state index contributed by atoms with van der Waals surface area (Å²) in [5, 5.41) is 3.73. The first-order chi connectivity index (χ1) is 12.8. The van der Waals surface area contributed by atoms with Crippen LogP contribution in [0.2, 0.25) is 0 Å². The van der Waals surface area contributed by atoms with Crippen LogP contribution in [-0.2, 0) is 16.4 Å². The second-order valence-corrected chi connectivity index (χ2v) is 8.16. The number of carbonyl (C=O) groups excluding carboxylic acids is 1. The number of benzene rings is 1. The largest absolute Gasteiger partial charge is 0.361 e. The number of aromatic nitrogens is 1. The molecule has 3 rings (SSSR count). The molecule has 0 atom stereocenters. The minimum absolute atomic E-state index is 0.221. The van der Waals surface area contributed by atoms with E-state index in [1.165, 1.54) is 23.1 Å². The number of halogens is 2. The summed E-state index contributed by atoms with van der Waals surface area (Å²) in [6, 6.07) is 5.10. The topological polar surface area (TPSA) is 83.7 Å². The van der Waals surface area contributed by atoms with Gasteiger partial charge in [-0.3, -0.25) is 9.69 Å². The molecule has 1 aliphatic rings. The lowest BCUT2D eigenvalue weighted by Gasteiger charge is -2.34. The van der Waals surface area contributed by atoms with Crippen molar-refractivity contribution in [3.63, 3.8) is 0 Å². The lowest BCUT2D eigenvalue weighted by molar-refractivity contribution is 0.0624. The normalized spacial score (nSPS) is 16.1. The first-order valence-electron chi connectivity index (χ1n) is 8.33. The molecule has 2 heterocycles. The first-order valence-corrected chi connectivity index (χ1v) is 9.88. The van der Waals surface area contributed by atoms with Crippen LogP contribution >= 0.6 is 0 Å². The SMILES string of the molecule is Cc1oncc1CN1CCN(C(=O)c2ccccc2S(=O)(=O)C(F)F)CC1. The van der Waals surface area contributed by atoms with Gasteiger partial charge in [0, 0.05) is 38.3 Å². The molecule has 1 fully saturated rings. The van der Waals surface area contributed by atoms with E-state index < -0.39 is 26.4 Å². The first kappa shape index (κ1) is 19.4. The van der Waals surface area contributed by atoms with Crippen LogP contribution in [-0.4, -0.2) is 61.2 Å². The molecule has 0 radical (unpaired) electrons. The Morgan fingerprint density at radius 3 is 2.48 bits per heavy atom. The number of piperazine rings is 1. The number of amides is 1. The van der Waals surface area contributed by atoms with Crippen molar-refractivity contribution in [1.82, 2.24) is 15.0 Å². The summed E-state index contributed by atoms with van der Waals surface area (Å²) < 4.78 is 54.6. The van der Waals surface area contributed by atoms with Crippen molar-refractivity contribution in [3.8, 4) is 0 Å². The molecule has 0 N–H and O–H groups in total. The molecule has 1 saturated heterocycles. The highest BCUT2D eigenvalue weighted by Gasteiger charge is 2.33. The summed E-state index contributed by atoms with van der Waals surface area (Å²) in [7, 11) is -4.85. The van der Waals surface area contributed by atoms with Crippen LogP contribution in [0.4, 0.5) is 8.78 Å². The summed E-state index contributed by atoms with van der Waals surface area (Å²) in [6.45, 7) is 4.33. The smallest absolute Gasteiger partial charge is 0.341 e. The van der Waals surface area contributed by atoms with Gasteiger partial charge in [0.05, 0.1) is 16.7 Å². The molecule has 10 heteroatoms. The minimum Gasteiger partial charge on any atom is -0.361 e. The fourth-order valence-corrected chi connectivity index (χ4v) is 3.90. The third kappa shape index (κ3) is 4.01. The lowest BCUT2D eigenvalue weighted by Crippen LogP contribution is -2.48. The fourth-order valence-electron chi connectivity index (χ4n) is 2.98. The minimum atomic E-state index is -4.85. The molecule has 0 bridgehead atoms. The van der Waals surface area contributed by atoms with Crippen molar-refractivity contribution in [3.05, 3.63) is 47.3 Å². The van der Waals surface area contributed by atoms with Gasteiger partial charge >= 0.3 is 5.76 Å². The van der Waals surface area contributed by atoms with E-state index in [2.05, 4.69) is 10.1 Å². The Morgan fingerprint density at radius 1 is 1.22 bits per heavy atom. The Bertz CT molecular complexity index is 922. The Labute approximate surface area is 155 Å². The average molecular weight is 399 g/mol. The molecule has 0 aliphatic carbocycles. The maximum absolute atomic E-state index is 12.9. The zero-order valence-corrected chi connectivity index (χ0v) is 15.5. The monoisotopic (exact) mass is 399 g/mol. The van der Waals surface area contributed by atoms with Crippen molar-refractivity contribution < 1.29 is 26.5 Å². The number of aryl methyl sites for hydroxylation is 1. The maximum Gasteiger partial charge on any atom is 0.341 e. The number of hydrogen-bond donors (Lipinski definition) is 0. The van der Waals surface area contributed by atoms with Crippen LogP contribution in [0.25, 0.3) is 0 Å². The average Bonchev–Trinajstić information content (AvgIpc) is 3.06. The van der Waals surface area contributed by atoms with E-state index >= 15 is 0 Å². The molecule has 1 aromatic heterocycles. The van der Waals surface area contributed by atoms with Gasteiger partial charge in [-0.05, 0) is 19.1 Å². The molecule has 2 aromatic rings. The number of hydrogen-bond acceptors (Lipinski definition) is 6. The molecule has 0 saturated carbocycles. The van der Waals surface area contributed by atoms with Crippen LogP contribution < -0.4 is 0 Å². The Hall–Kier alpha value is -2.33. The number of nitrogens with zero attached hydrogens (tertiary/aromatic N) is 3. The zero-order valence-electron chi connectivity index (χ0n) is 14.6. The van der Waals surface area contributed by atoms with Gasteiger partial charge in [-0.1, -0.05) is 17.3 Å². The van der Waals surface area contributed by atoms with Crippen LogP contribution in [0.1, 0.15) is 21.7 Å². The summed E-state index contributed by atoms with van der Waals surface area (Å²) in [6.07, 6.45) is 1.65. The van der Waals surface area contributed by atoms with Crippen molar-refractivity contribution in [2.75, 3.05) is 26.2 Å². The van der Waals surface area contributed by atoms with E-state index in [1.54, 1.807) is 6.20 Å². The molecule has 0 spiro atoms. The highest BCUT2D eigenvalue weighted by Crippen LogP contribution is 2.24.